The van der Waals surface area contributed by atoms with E-state index in [2.05, 4.69) is 52.7 Å². The van der Waals surface area contributed by atoms with Gasteiger partial charge in [0.25, 0.3) is 0 Å². The van der Waals surface area contributed by atoms with E-state index in [1.54, 1.807) is 7.05 Å². The number of hydrogen-bond donors (Lipinski definition) is 2. The molecule has 9 heteroatoms. The standard InChI is InChI=1S/C19H30F3N5.HI/c1-4-26(3)12-16-7-5-6-15(10-16)11-24-18(23-2)25-17-8-9-27(13-17)14-19(20,21)22;/h5-7,10,17H,4,8-9,11-14H2,1-3H3,(H2,23,24,25);1H. The van der Waals surface area contributed by atoms with Crippen molar-refractivity contribution >= 4 is 29.9 Å². The first-order valence-electron chi connectivity index (χ1n) is 9.31. The lowest BCUT2D eigenvalue weighted by molar-refractivity contribution is -0.143. The number of nitrogens with one attached hydrogen (secondary N) is 2. The summed E-state index contributed by atoms with van der Waals surface area (Å²) in [5.41, 5.74) is 2.39. The lowest BCUT2D eigenvalue weighted by atomic mass is 10.1. The first-order chi connectivity index (χ1) is 12.8. The van der Waals surface area contributed by atoms with Gasteiger partial charge in [-0.15, -0.1) is 24.0 Å². The number of alkyl halides is 3. The Morgan fingerprint density at radius 1 is 1.32 bits per heavy atom. The molecule has 2 rings (SSSR count). The van der Waals surface area contributed by atoms with Crippen LogP contribution in [0.25, 0.3) is 0 Å². The van der Waals surface area contributed by atoms with Crippen LogP contribution in [0.1, 0.15) is 24.5 Å². The molecule has 28 heavy (non-hydrogen) atoms. The van der Waals surface area contributed by atoms with Crippen LogP contribution in [0.2, 0.25) is 0 Å². The smallest absolute Gasteiger partial charge is 0.352 e. The Kier molecular flexibility index (Phi) is 10.5. The molecule has 1 heterocycles. The number of likely N-dealkylation sites (tertiary alicyclic amines) is 1. The Balaban J connectivity index is 0.00000392. The number of nitrogens with zero attached hydrogens (tertiary/aromatic N) is 3. The maximum absolute atomic E-state index is 12.5. The lowest BCUT2D eigenvalue weighted by Crippen LogP contribution is -2.44. The zero-order valence-corrected chi connectivity index (χ0v) is 19.1. The highest BCUT2D eigenvalue weighted by Gasteiger charge is 2.34. The van der Waals surface area contributed by atoms with Crippen LogP contribution in [-0.4, -0.2) is 68.3 Å². The second-order valence-corrected chi connectivity index (χ2v) is 7.06. The van der Waals surface area contributed by atoms with Gasteiger partial charge in [0, 0.05) is 39.3 Å². The predicted molar refractivity (Wildman–Crippen MR) is 118 cm³/mol. The second kappa shape index (κ2) is 11.8. The SMILES string of the molecule is CCN(C)Cc1cccc(CNC(=NC)NC2CCN(CC(F)(F)F)C2)c1.I. The number of hydrogen-bond acceptors (Lipinski definition) is 3. The first kappa shape index (κ1) is 25.0. The molecule has 1 aromatic carbocycles. The molecule has 2 N–H and O–H groups in total. The normalized spacial score (nSPS) is 18.2. The Morgan fingerprint density at radius 3 is 2.68 bits per heavy atom. The van der Waals surface area contributed by atoms with E-state index in [1.165, 1.54) is 10.5 Å². The van der Waals surface area contributed by atoms with Gasteiger partial charge in [-0.2, -0.15) is 13.2 Å². The van der Waals surface area contributed by atoms with Crippen LogP contribution in [0.4, 0.5) is 13.2 Å². The van der Waals surface area contributed by atoms with E-state index >= 15 is 0 Å². The third kappa shape index (κ3) is 8.95. The molecule has 0 aliphatic carbocycles. The topological polar surface area (TPSA) is 42.9 Å². The quantitative estimate of drug-likeness (QED) is 0.334. The molecule has 160 valence electrons. The highest BCUT2D eigenvalue weighted by molar-refractivity contribution is 14.0. The van der Waals surface area contributed by atoms with Gasteiger partial charge < -0.3 is 15.5 Å². The zero-order chi connectivity index (χ0) is 19.9. The molecule has 0 saturated carbocycles. The van der Waals surface area contributed by atoms with Crippen LogP contribution in [0.5, 0.6) is 0 Å². The molecule has 1 aromatic rings. The fourth-order valence-electron chi connectivity index (χ4n) is 3.18. The number of rotatable bonds is 7. The average molecular weight is 513 g/mol. The van der Waals surface area contributed by atoms with Gasteiger partial charge in [-0.05, 0) is 31.1 Å². The van der Waals surface area contributed by atoms with Gasteiger partial charge in [0.05, 0.1) is 6.54 Å². The van der Waals surface area contributed by atoms with E-state index in [0.717, 1.165) is 18.7 Å². The van der Waals surface area contributed by atoms with Crippen molar-refractivity contribution in [3.8, 4) is 0 Å². The van der Waals surface area contributed by atoms with Gasteiger partial charge in [0.15, 0.2) is 5.96 Å². The first-order valence-corrected chi connectivity index (χ1v) is 9.31. The van der Waals surface area contributed by atoms with Gasteiger partial charge in [-0.25, -0.2) is 0 Å². The Bertz CT molecular complexity index is 624. The van der Waals surface area contributed by atoms with E-state index in [1.807, 2.05) is 6.07 Å². The molecular weight excluding hydrogens is 482 g/mol. The van der Waals surface area contributed by atoms with Crippen molar-refractivity contribution in [1.29, 1.82) is 0 Å². The Morgan fingerprint density at radius 2 is 2.04 bits per heavy atom. The highest BCUT2D eigenvalue weighted by Crippen LogP contribution is 2.19. The van der Waals surface area contributed by atoms with E-state index in [4.69, 9.17) is 0 Å². The van der Waals surface area contributed by atoms with Crippen LogP contribution >= 0.6 is 24.0 Å². The molecule has 0 amide bonds. The van der Waals surface area contributed by atoms with Crippen molar-refractivity contribution < 1.29 is 13.2 Å². The van der Waals surface area contributed by atoms with Crippen LogP contribution in [0, 0.1) is 0 Å². The minimum absolute atomic E-state index is 0. The summed E-state index contributed by atoms with van der Waals surface area (Å²) in [6.45, 7) is 4.60. The number of guanidine groups is 1. The van der Waals surface area contributed by atoms with Crippen molar-refractivity contribution in [3.05, 3.63) is 35.4 Å². The minimum Gasteiger partial charge on any atom is -0.352 e. The summed E-state index contributed by atoms with van der Waals surface area (Å²) < 4.78 is 37.5. The maximum Gasteiger partial charge on any atom is 0.401 e. The molecule has 0 aromatic heterocycles. The van der Waals surface area contributed by atoms with Gasteiger partial charge in [0.2, 0.25) is 0 Å². The lowest BCUT2D eigenvalue weighted by Gasteiger charge is -2.20. The summed E-state index contributed by atoms with van der Waals surface area (Å²) in [5, 5.41) is 6.48. The molecule has 0 radical (unpaired) electrons. The van der Waals surface area contributed by atoms with E-state index in [-0.39, 0.29) is 30.0 Å². The Labute approximate surface area is 182 Å². The van der Waals surface area contributed by atoms with Crippen LogP contribution in [0.15, 0.2) is 29.3 Å². The fraction of sp³-hybridized carbons (Fsp3) is 0.632. The monoisotopic (exact) mass is 513 g/mol. The molecule has 1 fully saturated rings. The highest BCUT2D eigenvalue weighted by atomic mass is 127. The summed E-state index contributed by atoms with van der Waals surface area (Å²) in [7, 11) is 3.75. The number of aliphatic imine (C=N–C) groups is 1. The van der Waals surface area contributed by atoms with Crippen LogP contribution < -0.4 is 10.6 Å². The van der Waals surface area contributed by atoms with Gasteiger partial charge in [0.1, 0.15) is 0 Å². The van der Waals surface area contributed by atoms with Crippen molar-refractivity contribution in [1.82, 2.24) is 20.4 Å². The second-order valence-electron chi connectivity index (χ2n) is 7.06. The molecule has 1 saturated heterocycles. The van der Waals surface area contributed by atoms with E-state index < -0.39 is 12.7 Å². The van der Waals surface area contributed by atoms with Crippen molar-refractivity contribution in [3.63, 3.8) is 0 Å². The van der Waals surface area contributed by atoms with Gasteiger partial charge in [-0.1, -0.05) is 31.2 Å². The fourth-order valence-corrected chi connectivity index (χ4v) is 3.18. The molecule has 1 unspecified atom stereocenters. The largest absolute Gasteiger partial charge is 0.401 e. The molecule has 0 bridgehead atoms. The van der Waals surface area contributed by atoms with Gasteiger partial charge in [-0.3, -0.25) is 9.89 Å². The number of benzene rings is 1. The molecule has 1 aliphatic rings. The Hall–Kier alpha value is -1.07. The molecule has 0 spiro atoms. The van der Waals surface area contributed by atoms with E-state index in [0.29, 0.717) is 32.0 Å². The van der Waals surface area contributed by atoms with Gasteiger partial charge >= 0.3 is 6.18 Å². The molecule has 1 aliphatic heterocycles. The zero-order valence-electron chi connectivity index (χ0n) is 16.7. The molecular formula is C19H31F3IN5. The van der Waals surface area contributed by atoms with Crippen molar-refractivity contribution in [2.45, 2.75) is 38.7 Å². The summed E-state index contributed by atoms with van der Waals surface area (Å²) in [5.74, 6) is 0.616. The van der Waals surface area contributed by atoms with E-state index in [9.17, 15) is 13.2 Å². The summed E-state index contributed by atoms with van der Waals surface area (Å²) in [6.07, 6.45) is -3.47. The summed E-state index contributed by atoms with van der Waals surface area (Å²) >= 11 is 0. The minimum atomic E-state index is -4.15. The maximum atomic E-state index is 12.5. The number of halogens is 4. The van der Waals surface area contributed by atoms with Crippen molar-refractivity contribution in [2.24, 2.45) is 4.99 Å². The molecule has 5 nitrogen and oxygen atoms in total. The predicted octanol–water partition coefficient (Wildman–Crippen LogP) is 3.06. The van der Waals surface area contributed by atoms with Crippen LogP contribution in [0.3, 0.4) is 0 Å². The van der Waals surface area contributed by atoms with Crippen molar-refractivity contribution in [2.75, 3.05) is 40.3 Å². The summed E-state index contributed by atoms with van der Waals surface area (Å²) in [6, 6.07) is 8.33. The van der Waals surface area contributed by atoms with Crippen LogP contribution in [-0.2, 0) is 13.1 Å². The third-order valence-corrected chi connectivity index (χ3v) is 4.68. The summed E-state index contributed by atoms with van der Waals surface area (Å²) in [4.78, 5) is 7.86. The third-order valence-electron chi connectivity index (χ3n) is 4.68. The molecule has 1 atom stereocenters. The average Bonchev–Trinajstić information content (AvgIpc) is 3.03.